The molecule has 1 aliphatic rings. The Morgan fingerprint density at radius 3 is 2.69 bits per heavy atom. The van der Waals surface area contributed by atoms with E-state index in [0.29, 0.717) is 24.3 Å². The Bertz CT molecular complexity index is 433. The van der Waals surface area contributed by atoms with Gasteiger partial charge in [-0.25, -0.2) is 0 Å². The first-order valence-corrected chi connectivity index (χ1v) is 5.06. The molecule has 0 bridgehead atoms. The van der Waals surface area contributed by atoms with Gasteiger partial charge in [-0.1, -0.05) is 0 Å². The Balaban J connectivity index is 1.82. The molecule has 16 heavy (non-hydrogen) atoms. The van der Waals surface area contributed by atoms with Crippen molar-refractivity contribution in [3.8, 4) is 11.8 Å². The Morgan fingerprint density at radius 2 is 2.19 bits per heavy atom. The predicted molar refractivity (Wildman–Crippen MR) is 55.9 cm³/mol. The van der Waals surface area contributed by atoms with Crippen molar-refractivity contribution < 1.29 is 14.6 Å². The van der Waals surface area contributed by atoms with Gasteiger partial charge in [-0.15, -0.1) is 0 Å². The Morgan fingerprint density at radius 1 is 1.50 bits per heavy atom. The van der Waals surface area contributed by atoms with Crippen LogP contribution in [0.25, 0.3) is 0 Å². The molecule has 1 N–H and O–H groups in total. The summed E-state index contributed by atoms with van der Waals surface area (Å²) in [4.78, 5) is 10.6. The van der Waals surface area contributed by atoms with E-state index in [1.54, 1.807) is 24.3 Å². The summed E-state index contributed by atoms with van der Waals surface area (Å²) < 4.78 is 5.44. The summed E-state index contributed by atoms with van der Waals surface area (Å²) >= 11 is 0. The number of carboxylic acid groups (broad SMARTS) is 1. The van der Waals surface area contributed by atoms with E-state index in [1.807, 2.05) is 6.07 Å². The minimum atomic E-state index is -0.742. The standard InChI is InChI=1S/C12H11NO3/c13-6-8-1-3-10(4-2-8)16-7-9-5-11(9)12(14)15/h1-4,9,11H,5,7H2,(H,14,15)/t9-,11+/m0/s1. The van der Waals surface area contributed by atoms with Crippen LogP contribution in [0.4, 0.5) is 0 Å². The van der Waals surface area contributed by atoms with Crippen LogP contribution >= 0.6 is 0 Å². The smallest absolute Gasteiger partial charge is 0.306 e. The fourth-order valence-corrected chi connectivity index (χ4v) is 1.56. The van der Waals surface area contributed by atoms with E-state index in [2.05, 4.69) is 0 Å². The SMILES string of the molecule is N#Cc1ccc(OC[C@@H]2C[C@H]2C(=O)O)cc1. The van der Waals surface area contributed by atoms with Gasteiger partial charge in [-0.2, -0.15) is 5.26 Å². The summed E-state index contributed by atoms with van der Waals surface area (Å²) in [5.41, 5.74) is 0.585. The average molecular weight is 217 g/mol. The fourth-order valence-electron chi connectivity index (χ4n) is 1.56. The summed E-state index contributed by atoms with van der Waals surface area (Å²) in [6, 6.07) is 8.81. The van der Waals surface area contributed by atoms with Crippen LogP contribution in [0, 0.1) is 23.2 Å². The maximum atomic E-state index is 10.6. The lowest BCUT2D eigenvalue weighted by Gasteiger charge is -2.04. The summed E-state index contributed by atoms with van der Waals surface area (Å²) in [7, 11) is 0. The van der Waals surface area contributed by atoms with Gasteiger partial charge in [-0.3, -0.25) is 4.79 Å². The quantitative estimate of drug-likeness (QED) is 0.832. The number of benzene rings is 1. The lowest BCUT2D eigenvalue weighted by molar-refractivity contribution is -0.138. The number of carbonyl (C=O) groups is 1. The summed E-state index contributed by atoms with van der Waals surface area (Å²) in [5.74, 6) is -0.171. The maximum Gasteiger partial charge on any atom is 0.306 e. The van der Waals surface area contributed by atoms with E-state index in [1.165, 1.54) is 0 Å². The molecule has 0 aromatic heterocycles. The first kappa shape index (κ1) is 10.5. The molecule has 4 nitrogen and oxygen atoms in total. The maximum absolute atomic E-state index is 10.6. The Kier molecular flexibility index (Phi) is 2.78. The molecule has 0 radical (unpaired) electrons. The molecule has 1 fully saturated rings. The largest absolute Gasteiger partial charge is 0.493 e. The molecule has 4 heteroatoms. The molecule has 82 valence electrons. The molecule has 0 heterocycles. The normalized spacial score (nSPS) is 22.2. The molecule has 0 unspecified atom stereocenters. The molecule has 2 rings (SSSR count). The Labute approximate surface area is 93.1 Å². The van der Waals surface area contributed by atoms with Gasteiger partial charge in [-0.05, 0) is 30.7 Å². The van der Waals surface area contributed by atoms with Gasteiger partial charge < -0.3 is 9.84 Å². The zero-order valence-corrected chi connectivity index (χ0v) is 8.59. The number of aliphatic carboxylic acids is 1. The number of nitriles is 1. The molecule has 0 amide bonds. The number of nitrogens with zero attached hydrogens (tertiary/aromatic N) is 1. The summed E-state index contributed by atoms with van der Waals surface area (Å²) in [6.45, 7) is 0.433. The van der Waals surface area contributed by atoms with Crippen molar-refractivity contribution in [1.82, 2.24) is 0 Å². The number of carboxylic acids is 1. The predicted octanol–water partition coefficient (Wildman–Crippen LogP) is 1.66. The molecule has 0 spiro atoms. The van der Waals surface area contributed by atoms with Crippen molar-refractivity contribution in [3.05, 3.63) is 29.8 Å². The highest BCUT2D eigenvalue weighted by molar-refractivity contribution is 5.73. The van der Waals surface area contributed by atoms with Crippen LogP contribution in [0.2, 0.25) is 0 Å². The van der Waals surface area contributed by atoms with Gasteiger partial charge in [0.1, 0.15) is 5.75 Å². The van der Waals surface area contributed by atoms with Crippen LogP contribution in [0.1, 0.15) is 12.0 Å². The highest BCUT2D eigenvalue weighted by atomic mass is 16.5. The molecule has 1 saturated carbocycles. The third-order valence-electron chi connectivity index (χ3n) is 2.69. The number of ether oxygens (including phenoxy) is 1. The summed E-state index contributed by atoms with van der Waals surface area (Å²) in [6.07, 6.45) is 0.700. The van der Waals surface area contributed by atoms with Crippen molar-refractivity contribution in [2.75, 3.05) is 6.61 Å². The number of hydrogen-bond donors (Lipinski definition) is 1. The second-order valence-electron chi connectivity index (χ2n) is 3.89. The van der Waals surface area contributed by atoms with Crippen molar-refractivity contribution >= 4 is 5.97 Å². The summed E-state index contributed by atoms with van der Waals surface area (Å²) in [5, 5.41) is 17.3. The van der Waals surface area contributed by atoms with Gasteiger partial charge in [0.05, 0.1) is 24.2 Å². The van der Waals surface area contributed by atoms with E-state index in [4.69, 9.17) is 15.1 Å². The van der Waals surface area contributed by atoms with Gasteiger partial charge in [0, 0.05) is 5.92 Å². The highest BCUT2D eigenvalue weighted by Crippen LogP contribution is 2.38. The second kappa shape index (κ2) is 4.23. The van der Waals surface area contributed by atoms with Gasteiger partial charge in [0.25, 0.3) is 0 Å². The third-order valence-corrected chi connectivity index (χ3v) is 2.69. The van der Waals surface area contributed by atoms with Gasteiger partial charge in [0.15, 0.2) is 0 Å². The first-order chi connectivity index (χ1) is 7.70. The molecule has 2 atom stereocenters. The minimum absolute atomic E-state index is 0.133. The van der Waals surface area contributed by atoms with Crippen molar-refractivity contribution in [3.63, 3.8) is 0 Å². The monoisotopic (exact) mass is 217 g/mol. The number of hydrogen-bond acceptors (Lipinski definition) is 3. The fraction of sp³-hybridized carbons (Fsp3) is 0.333. The molecular weight excluding hydrogens is 206 g/mol. The van der Waals surface area contributed by atoms with Gasteiger partial charge in [0.2, 0.25) is 0 Å². The zero-order chi connectivity index (χ0) is 11.5. The Hall–Kier alpha value is -2.02. The second-order valence-corrected chi connectivity index (χ2v) is 3.89. The average Bonchev–Trinajstić information content (AvgIpc) is 3.06. The lowest BCUT2D eigenvalue weighted by atomic mass is 10.2. The molecule has 1 aromatic carbocycles. The van der Waals surface area contributed by atoms with Gasteiger partial charge >= 0.3 is 5.97 Å². The molecular formula is C12H11NO3. The third kappa shape index (κ3) is 2.31. The van der Waals surface area contributed by atoms with Crippen LogP contribution < -0.4 is 4.74 Å². The molecule has 0 aliphatic heterocycles. The van der Waals surface area contributed by atoms with Crippen LogP contribution in [0.15, 0.2) is 24.3 Å². The van der Waals surface area contributed by atoms with Crippen molar-refractivity contribution in [2.24, 2.45) is 11.8 Å². The van der Waals surface area contributed by atoms with Crippen molar-refractivity contribution in [1.29, 1.82) is 5.26 Å². The van der Waals surface area contributed by atoms with Crippen LogP contribution in [0.3, 0.4) is 0 Å². The van der Waals surface area contributed by atoms with Crippen LogP contribution in [-0.2, 0) is 4.79 Å². The van der Waals surface area contributed by atoms with Crippen LogP contribution in [0.5, 0.6) is 5.75 Å². The minimum Gasteiger partial charge on any atom is -0.493 e. The topological polar surface area (TPSA) is 70.3 Å². The van der Waals surface area contributed by atoms with Crippen LogP contribution in [-0.4, -0.2) is 17.7 Å². The van der Waals surface area contributed by atoms with E-state index >= 15 is 0 Å². The van der Waals surface area contributed by atoms with Crippen molar-refractivity contribution in [2.45, 2.75) is 6.42 Å². The molecule has 0 saturated heterocycles. The first-order valence-electron chi connectivity index (χ1n) is 5.06. The van der Waals surface area contributed by atoms with E-state index < -0.39 is 5.97 Å². The number of rotatable bonds is 4. The van der Waals surface area contributed by atoms with E-state index in [9.17, 15) is 4.79 Å². The zero-order valence-electron chi connectivity index (χ0n) is 8.59. The van der Waals surface area contributed by atoms with E-state index in [-0.39, 0.29) is 11.8 Å². The lowest BCUT2D eigenvalue weighted by Crippen LogP contribution is -2.06. The molecule has 1 aliphatic carbocycles. The molecule has 1 aromatic rings. The highest BCUT2D eigenvalue weighted by Gasteiger charge is 2.43. The van der Waals surface area contributed by atoms with E-state index in [0.717, 1.165) is 0 Å².